The molecule has 0 saturated heterocycles. The molecule has 3 aromatic rings. The first-order valence-corrected chi connectivity index (χ1v) is 8.15. The summed E-state index contributed by atoms with van der Waals surface area (Å²) in [6.07, 6.45) is -4.05. The summed E-state index contributed by atoms with van der Waals surface area (Å²) < 4.78 is 43.4. The van der Waals surface area contributed by atoms with Crippen molar-refractivity contribution in [1.29, 1.82) is 0 Å². The Hall–Kier alpha value is -3.16. The molecule has 1 N–H and O–H groups in total. The maximum Gasteiger partial charge on any atom is 0.416 e. The van der Waals surface area contributed by atoms with Crippen LogP contribution in [0.15, 0.2) is 59.0 Å². The summed E-state index contributed by atoms with van der Waals surface area (Å²) in [4.78, 5) is 12.5. The SMILES string of the molecule is Cc1nnc(C(Cc2ccccc2)NC(=O)c2ccc(C(F)(F)F)cc2)o1. The number of hydrogen-bond acceptors (Lipinski definition) is 4. The van der Waals surface area contributed by atoms with Crippen LogP contribution in [0, 0.1) is 6.92 Å². The van der Waals surface area contributed by atoms with Gasteiger partial charge in [-0.25, -0.2) is 0 Å². The number of halogens is 3. The van der Waals surface area contributed by atoms with Crippen LogP contribution in [0.5, 0.6) is 0 Å². The molecule has 8 heteroatoms. The smallest absolute Gasteiger partial charge is 0.416 e. The van der Waals surface area contributed by atoms with Crippen molar-refractivity contribution in [2.24, 2.45) is 0 Å². The Morgan fingerprint density at radius 3 is 2.30 bits per heavy atom. The lowest BCUT2D eigenvalue weighted by molar-refractivity contribution is -0.137. The van der Waals surface area contributed by atoms with E-state index in [2.05, 4.69) is 15.5 Å². The number of amides is 1. The zero-order valence-corrected chi connectivity index (χ0v) is 14.3. The largest absolute Gasteiger partial charge is 0.423 e. The van der Waals surface area contributed by atoms with Crippen molar-refractivity contribution in [2.75, 3.05) is 0 Å². The van der Waals surface area contributed by atoms with Gasteiger partial charge >= 0.3 is 6.18 Å². The normalized spacial score (nSPS) is 12.6. The fraction of sp³-hybridized carbons (Fsp3) is 0.211. The average Bonchev–Trinajstić information content (AvgIpc) is 3.08. The Morgan fingerprint density at radius 1 is 1.07 bits per heavy atom. The van der Waals surface area contributed by atoms with E-state index < -0.39 is 23.7 Å². The summed E-state index contributed by atoms with van der Waals surface area (Å²) in [6, 6.07) is 12.8. The van der Waals surface area contributed by atoms with Crippen LogP contribution in [-0.2, 0) is 12.6 Å². The van der Waals surface area contributed by atoms with E-state index in [1.54, 1.807) is 6.92 Å². The van der Waals surface area contributed by atoms with E-state index in [0.717, 1.165) is 29.8 Å². The van der Waals surface area contributed by atoms with Crippen molar-refractivity contribution < 1.29 is 22.4 Å². The molecule has 1 aromatic heterocycles. The number of nitrogens with one attached hydrogen (secondary N) is 1. The number of aryl methyl sites for hydroxylation is 1. The minimum atomic E-state index is -4.45. The fourth-order valence-electron chi connectivity index (χ4n) is 2.55. The van der Waals surface area contributed by atoms with E-state index in [9.17, 15) is 18.0 Å². The van der Waals surface area contributed by atoms with Crippen molar-refractivity contribution in [3.8, 4) is 0 Å². The first-order chi connectivity index (χ1) is 12.8. The number of nitrogens with zero attached hydrogens (tertiary/aromatic N) is 2. The Labute approximate surface area is 153 Å². The van der Waals surface area contributed by atoms with Crippen LogP contribution in [0.4, 0.5) is 13.2 Å². The van der Waals surface area contributed by atoms with Crippen molar-refractivity contribution in [3.05, 3.63) is 83.1 Å². The predicted octanol–water partition coefficient (Wildman–Crippen LogP) is 4.11. The van der Waals surface area contributed by atoms with E-state index in [0.29, 0.717) is 12.3 Å². The van der Waals surface area contributed by atoms with Gasteiger partial charge in [-0.05, 0) is 29.8 Å². The van der Waals surface area contributed by atoms with Crippen molar-refractivity contribution in [1.82, 2.24) is 15.5 Å². The number of alkyl halides is 3. The summed E-state index contributed by atoms with van der Waals surface area (Å²) >= 11 is 0. The highest BCUT2D eigenvalue weighted by Crippen LogP contribution is 2.29. The minimum absolute atomic E-state index is 0.109. The lowest BCUT2D eigenvalue weighted by atomic mass is 10.0. The lowest BCUT2D eigenvalue weighted by Gasteiger charge is -2.16. The van der Waals surface area contributed by atoms with E-state index >= 15 is 0 Å². The molecule has 0 bridgehead atoms. The zero-order valence-electron chi connectivity index (χ0n) is 14.3. The number of benzene rings is 2. The number of aromatic nitrogens is 2. The quantitative estimate of drug-likeness (QED) is 0.729. The highest BCUT2D eigenvalue weighted by molar-refractivity contribution is 5.94. The van der Waals surface area contributed by atoms with Gasteiger partial charge in [-0.1, -0.05) is 30.3 Å². The highest BCUT2D eigenvalue weighted by Gasteiger charge is 2.30. The van der Waals surface area contributed by atoms with Gasteiger partial charge in [0.1, 0.15) is 6.04 Å². The molecule has 0 aliphatic carbocycles. The van der Waals surface area contributed by atoms with Gasteiger partial charge in [0.15, 0.2) is 0 Å². The maximum absolute atomic E-state index is 12.7. The molecule has 1 unspecified atom stereocenters. The molecule has 3 rings (SSSR count). The summed E-state index contributed by atoms with van der Waals surface area (Å²) in [7, 11) is 0. The number of carbonyl (C=O) groups excluding carboxylic acids is 1. The second kappa shape index (κ2) is 7.61. The molecular weight excluding hydrogens is 359 g/mol. The summed E-state index contributed by atoms with van der Waals surface area (Å²) in [5.74, 6) is 0.0592. The van der Waals surface area contributed by atoms with Crippen LogP contribution in [0.2, 0.25) is 0 Å². The standard InChI is InChI=1S/C19H16F3N3O2/c1-12-24-25-18(27-12)16(11-13-5-3-2-4-6-13)23-17(26)14-7-9-15(10-8-14)19(20,21)22/h2-10,16H,11H2,1H3,(H,23,26). The predicted molar refractivity (Wildman–Crippen MR) is 90.8 cm³/mol. The first kappa shape index (κ1) is 18.6. The van der Waals surface area contributed by atoms with Crippen molar-refractivity contribution >= 4 is 5.91 Å². The van der Waals surface area contributed by atoms with Gasteiger partial charge in [0.25, 0.3) is 5.91 Å². The zero-order chi connectivity index (χ0) is 19.4. The maximum atomic E-state index is 12.7. The minimum Gasteiger partial charge on any atom is -0.423 e. The molecule has 0 radical (unpaired) electrons. The van der Waals surface area contributed by atoms with Gasteiger partial charge in [0.2, 0.25) is 11.8 Å². The summed E-state index contributed by atoms with van der Waals surface area (Å²) in [5, 5.41) is 10.5. The van der Waals surface area contributed by atoms with Gasteiger partial charge in [0.05, 0.1) is 5.56 Å². The van der Waals surface area contributed by atoms with Crippen LogP contribution >= 0.6 is 0 Å². The molecule has 140 valence electrons. The third-order valence-corrected chi connectivity index (χ3v) is 3.90. The van der Waals surface area contributed by atoms with Crippen LogP contribution in [0.25, 0.3) is 0 Å². The van der Waals surface area contributed by atoms with Gasteiger partial charge in [-0.15, -0.1) is 10.2 Å². The molecule has 1 amide bonds. The second-order valence-electron chi connectivity index (χ2n) is 5.95. The molecule has 0 fully saturated rings. The van der Waals surface area contributed by atoms with Gasteiger partial charge < -0.3 is 9.73 Å². The third kappa shape index (κ3) is 4.72. The molecular formula is C19H16F3N3O2. The van der Waals surface area contributed by atoms with Gasteiger partial charge in [-0.2, -0.15) is 13.2 Å². The Balaban J connectivity index is 1.80. The monoisotopic (exact) mass is 375 g/mol. The number of carbonyl (C=O) groups is 1. The van der Waals surface area contributed by atoms with Crippen LogP contribution in [-0.4, -0.2) is 16.1 Å². The molecule has 5 nitrogen and oxygen atoms in total. The number of rotatable bonds is 5. The first-order valence-electron chi connectivity index (χ1n) is 8.15. The Kier molecular flexibility index (Phi) is 5.25. The fourth-order valence-corrected chi connectivity index (χ4v) is 2.55. The van der Waals surface area contributed by atoms with Crippen LogP contribution in [0.1, 0.15) is 39.3 Å². The van der Waals surface area contributed by atoms with Crippen molar-refractivity contribution in [3.63, 3.8) is 0 Å². The number of hydrogen-bond donors (Lipinski definition) is 1. The molecule has 0 saturated carbocycles. The van der Waals surface area contributed by atoms with Gasteiger partial charge in [0, 0.05) is 18.9 Å². The molecule has 2 aromatic carbocycles. The van der Waals surface area contributed by atoms with E-state index in [-0.39, 0.29) is 11.5 Å². The van der Waals surface area contributed by atoms with E-state index in [4.69, 9.17) is 4.42 Å². The second-order valence-corrected chi connectivity index (χ2v) is 5.95. The van der Waals surface area contributed by atoms with Crippen molar-refractivity contribution in [2.45, 2.75) is 25.6 Å². The molecule has 27 heavy (non-hydrogen) atoms. The lowest BCUT2D eigenvalue weighted by Crippen LogP contribution is -2.30. The average molecular weight is 375 g/mol. The highest BCUT2D eigenvalue weighted by atomic mass is 19.4. The topological polar surface area (TPSA) is 68.0 Å². The van der Waals surface area contributed by atoms with Gasteiger partial charge in [-0.3, -0.25) is 4.79 Å². The van der Waals surface area contributed by atoms with E-state index in [1.165, 1.54) is 0 Å². The third-order valence-electron chi connectivity index (χ3n) is 3.90. The molecule has 0 aliphatic rings. The van der Waals surface area contributed by atoms with Crippen LogP contribution < -0.4 is 5.32 Å². The molecule has 0 spiro atoms. The van der Waals surface area contributed by atoms with Crippen LogP contribution in [0.3, 0.4) is 0 Å². The summed E-state index contributed by atoms with van der Waals surface area (Å²) in [5.41, 5.74) is 0.232. The molecule has 1 atom stereocenters. The Morgan fingerprint density at radius 2 is 1.74 bits per heavy atom. The Bertz CT molecular complexity index is 906. The van der Waals surface area contributed by atoms with E-state index in [1.807, 2.05) is 30.3 Å². The summed E-state index contributed by atoms with van der Waals surface area (Å²) in [6.45, 7) is 1.63. The molecule has 1 heterocycles. The molecule has 0 aliphatic heterocycles.